The Morgan fingerprint density at radius 3 is 2.74 bits per heavy atom. The monoisotopic (exact) mass is 258 g/mol. The van der Waals surface area contributed by atoms with Gasteiger partial charge in [-0.25, -0.2) is 9.97 Å². The Balaban J connectivity index is 2.16. The highest BCUT2D eigenvalue weighted by molar-refractivity contribution is 5.72. The number of aromatic nitrogens is 2. The normalized spacial score (nSPS) is 9.95. The number of hydrogen-bond acceptors (Lipinski definition) is 5. The largest absolute Gasteiger partial charge is 0.480 e. The van der Waals surface area contributed by atoms with Crippen LogP contribution in [0.25, 0.3) is 0 Å². The van der Waals surface area contributed by atoms with E-state index in [4.69, 9.17) is 5.11 Å². The van der Waals surface area contributed by atoms with Gasteiger partial charge in [0.15, 0.2) is 0 Å². The Labute approximate surface area is 110 Å². The Kier molecular flexibility index (Phi) is 3.92. The van der Waals surface area contributed by atoms with Crippen molar-refractivity contribution in [1.29, 1.82) is 0 Å². The molecule has 98 valence electrons. The van der Waals surface area contributed by atoms with Crippen molar-refractivity contribution in [3.05, 3.63) is 42.7 Å². The van der Waals surface area contributed by atoms with Crippen molar-refractivity contribution in [2.75, 3.05) is 23.8 Å². The number of carboxylic acids is 1. The van der Waals surface area contributed by atoms with E-state index in [1.807, 2.05) is 42.3 Å². The zero-order valence-corrected chi connectivity index (χ0v) is 10.4. The second-order valence-corrected chi connectivity index (χ2v) is 3.90. The number of rotatable bonds is 5. The first-order valence-corrected chi connectivity index (χ1v) is 5.73. The number of nitrogens with zero attached hydrogens (tertiary/aromatic N) is 3. The van der Waals surface area contributed by atoms with E-state index in [-0.39, 0.29) is 6.54 Å². The van der Waals surface area contributed by atoms with Crippen LogP contribution in [0.15, 0.2) is 42.7 Å². The van der Waals surface area contributed by atoms with Crippen LogP contribution in [0.5, 0.6) is 0 Å². The first-order valence-electron chi connectivity index (χ1n) is 5.73. The maximum Gasteiger partial charge on any atom is 0.322 e. The minimum Gasteiger partial charge on any atom is -0.480 e. The molecule has 0 bridgehead atoms. The molecule has 0 radical (unpaired) electrons. The molecule has 0 amide bonds. The lowest BCUT2D eigenvalue weighted by Gasteiger charge is -2.18. The van der Waals surface area contributed by atoms with E-state index in [1.165, 1.54) is 6.33 Å². The Hall–Kier alpha value is -2.63. The highest BCUT2D eigenvalue weighted by Gasteiger charge is 2.06. The van der Waals surface area contributed by atoms with Crippen LogP contribution in [-0.4, -0.2) is 34.6 Å². The Morgan fingerprint density at radius 1 is 1.32 bits per heavy atom. The van der Waals surface area contributed by atoms with Gasteiger partial charge < -0.3 is 15.3 Å². The summed E-state index contributed by atoms with van der Waals surface area (Å²) in [7, 11) is 1.89. The van der Waals surface area contributed by atoms with Crippen LogP contribution in [0.2, 0.25) is 0 Å². The molecule has 0 saturated carbocycles. The molecule has 2 rings (SSSR count). The molecule has 0 aliphatic rings. The van der Waals surface area contributed by atoms with Crippen molar-refractivity contribution in [3.8, 4) is 0 Å². The van der Waals surface area contributed by atoms with Gasteiger partial charge in [0.2, 0.25) is 0 Å². The van der Waals surface area contributed by atoms with Crippen molar-refractivity contribution < 1.29 is 9.90 Å². The van der Waals surface area contributed by atoms with Gasteiger partial charge in [-0.05, 0) is 12.1 Å². The molecular formula is C13H14N4O2. The summed E-state index contributed by atoms with van der Waals surface area (Å²) in [6, 6.07) is 11.5. The fraction of sp³-hybridized carbons (Fsp3) is 0.154. The van der Waals surface area contributed by atoms with Gasteiger partial charge in [0, 0.05) is 18.8 Å². The molecule has 0 aliphatic heterocycles. The van der Waals surface area contributed by atoms with E-state index in [1.54, 1.807) is 6.07 Å². The minimum atomic E-state index is -0.934. The van der Waals surface area contributed by atoms with E-state index in [0.717, 1.165) is 5.69 Å². The SMILES string of the molecule is CN(c1ccccc1)c1cc(NCC(=O)O)ncn1. The molecule has 0 saturated heterocycles. The first-order chi connectivity index (χ1) is 9.16. The summed E-state index contributed by atoms with van der Waals surface area (Å²) in [6.45, 7) is -0.175. The average Bonchev–Trinajstić information content (AvgIpc) is 2.45. The van der Waals surface area contributed by atoms with Gasteiger partial charge in [-0.2, -0.15) is 0 Å². The lowest BCUT2D eigenvalue weighted by atomic mass is 10.3. The molecular weight excluding hydrogens is 244 g/mol. The van der Waals surface area contributed by atoms with Gasteiger partial charge in [0.05, 0.1) is 0 Å². The minimum absolute atomic E-state index is 0.175. The van der Waals surface area contributed by atoms with Crippen molar-refractivity contribution in [2.45, 2.75) is 0 Å². The number of anilines is 3. The predicted octanol–water partition coefficient (Wildman–Crippen LogP) is 1.74. The maximum atomic E-state index is 10.5. The van der Waals surface area contributed by atoms with Crippen molar-refractivity contribution in [1.82, 2.24) is 9.97 Å². The average molecular weight is 258 g/mol. The number of carboxylic acid groups (broad SMARTS) is 1. The van der Waals surface area contributed by atoms with Crippen LogP contribution < -0.4 is 10.2 Å². The molecule has 6 nitrogen and oxygen atoms in total. The number of hydrogen-bond donors (Lipinski definition) is 2. The van der Waals surface area contributed by atoms with Crippen LogP contribution in [0.3, 0.4) is 0 Å². The number of carbonyl (C=O) groups is 1. The van der Waals surface area contributed by atoms with Crippen molar-refractivity contribution in [3.63, 3.8) is 0 Å². The van der Waals surface area contributed by atoms with Gasteiger partial charge in [-0.1, -0.05) is 18.2 Å². The van der Waals surface area contributed by atoms with E-state index < -0.39 is 5.97 Å². The Bertz CT molecular complexity index is 560. The van der Waals surface area contributed by atoms with Crippen LogP contribution in [0.1, 0.15) is 0 Å². The van der Waals surface area contributed by atoms with E-state index in [9.17, 15) is 4.79 Å². The summed E-state index contributed by atoms with van der Waals surface area (Å²) in [4.78, 5) is 20.5. The topological polar surface area (TPSA) is 78.4 Å². The van der Waals surface area contributed by atoms with Gasteiger partial charge in [0.25, 0.3) is 0 Å². The van der Waals surface area contributed by atoms with Crippen LogP contribution in [-0.2, 0) is 4.79 Å². The third-order valence-corrected chi connectivity index (χ3v) is 2.56. The van der Waals surface area contributed by atoms with Crippen LogP contribution >= 0.6 is 0 Å². The standard InChI is InChI=1S/C13H14N4O2/c1-17(10-5-3-2-4-6-10)12-7-11(15-9-16-12)14-8-13(18)19/h2-7,9H,8H2,1H3,(H,18,19)(H,14,15,16). The molecule has 0 fully saturated rings. The number of benzene rings is 1. The molecule has 1 aromatic carbocycles. The first kappa shape index (κ1) is 12.8. The molecule has 0 atom stereocenters. The van der Waals surface area contributed by atoms with E-state index in [0.29, 0.717) is 11.6 Å². The molecule has 19 heavy (non-hydrogen) atoms. The second-order valence-electron chi connectivity index (χ2n) is 3.90. The number of para-hydroxylation sites is 1. The van der Waals surface area contributed by atoms with Crippen molar-refractivity contribution in [2.24, 2.45) is 0 Å². The lowest BCUT2D eigenvalue weighted by molar-refractivity contribution is -0.134. The zero-order valence-electron chi connectivity index (χ0n) is 10.4. The highest BCUT2D eigenvalue weighted by atomic mass is 16.4. The molecule has 1 aromatic heterocycles. The summed E-state index contributed by atoms with van der Waals surface area (Å²) >= 11 is 0. The maximum absolute atomic E-state index is 10.5. The predicted molar refractivity (Wildman–Crippen MR) is 72.7 cm³/mol. The summed E-state index contributed by atoms with van der Waals surface area (Å²) in [5.41, 5.74) is 0.991. The summed E-state index contributed by atoms with van der Waals surface area (Å²) in [5, 5.41) is 11.3. The van der Waals surface area contributed by atoms with Gasteiger partial charge in [0.1, 0.15) is 24.5 Å². The van der Waals surface area contributed by atoms with Crippen LogP contribution in [0.4, 0.5) is 17.3 Å². The summed E-state index contributed by atoms with van der Waals surface area (Å²) in [6.07, 6.45) is 1.40. The van der Waals surface area contributed by atoms with E-state index in [2.05, 4.69) is 15.3 Å². The lowest BCUT2D eigenvalue weighted by Crippen LogP contribution is -2.15. The smallest absolute Gasteiger partial charge is 0.322 e. The molecule has 0 unspecified atom stereocenters. The summed E-state index contributed by atoms with van der Waals surface area (Å²) in [5.74, 6) is 0.237. The fourth-order valence-electron chi connectivity index (χ4n) is 1.58. The third-order valence-electron chi connectivity index (χ3n) is 2.56. The van der Waals surface area contributed by atoms with Crippen molar-refractivity contribution >= 4 is 23.3 Å². The Morgan fingerprint density at radius 2 is 2.05 bits per heavy atom. The van der Waals surface area contributed by atoms with Gasteiger partial charge >= 0.3 is 5.97 Å². The van der Waals surface area contributed by atoms with Gasteiger partial charge in [-0.3, -0.25) is 4.79 Å². The van der Waals surface area contributed by atoms with Gasteiger partial charge in [-0.15, -0.1) is 0 Å². The highest BCUT2D eigenvalue weighted by Crippen LogP contribution is 2.21. The summed E-state index contributed by atoms with van der Waals surface area (Å²) < 4.78 is 0. The molecule has 2 aromatic rings. The molecule has 6 heteroatoms. The fourth-order valence-corrected chi connectivity index (χ4v) is 1.58. The van der Waals surface area contributed by atoms with Crippen LogP contribution in [0, 0.1) is 0 Å². The third kappa shape index (κ3) is 3.41. The number of aliphatic carboxylic acids is 1. The molecule has 0 aliphatic carbocycles. The molecule has 2 N–H and O–H groups in total. The zero-order chi connectivity index (χ0) is 13.7. The molecule has 0 spiro atoms. The second kappa shape index (κ2) is 5.81. The van der Waals surface area contributed by atoms with E-state index >= 15 is 0 Å². The quantitative estimate of drug-likeness (QED) is 0.850. The number of nitrogens with one attached hydrogen (secondary N) is 1. The molecule has 1 heterocycles.